The van der Waals surface area contributed by atoms with Gasteiger partial charge in [-0.1, -0.05) is 24.3 Å². The Kier molecular flexibility index (Phi) is 5.66. The quantitative estimate of drug-likeness (QED) is 0.573. The van der Waals surface area contributed by atoms with Crippen LogP contribution < -0.4 is 15.8 Å². The molecule has 1 amide bonds. The number of nitrogens with one attached hydrogen (secondary N) is 1. The van der Waals surface area contributed by atoms with Crippen LogP contribution in [-0.4, -0.2) is 40.2 Å². The van der Waals surface area contributed by atoms with Crippen LogP contribution in [0.25, 0.3) is 0 Å². The lowest BCUT2D eigenvalue weighted by atomic mass is 9.99. The molecule has 9 heteroatoms. The van der Waals surface area contributed by atoms with Crippen molar-refractivity contribution in [3.63, 3.8) is 0 Å². The van der Waals surface area contributed by atoms with Crippen molar-refractivity contribution in [3.8, 4) is 5.75 Å². The Balaban J connectivity index is 2.19. The number of hydrogen-bond donors (Lipinski definition) is 2. The number of hydrogen-bond acceptors (Lipinski definition) is 7. The molecule has 0 radical (unpaired) electrons. The number of nitrogens with two attached hydrogens (primary N) is 1. The van der Waals surface area contributed by atoms with E-state index in [0.717, 1.165) is 0 Å². The molecular weight excluding hydrogens is 384 g/mol. The van der Waals surface area contributed by atoms with Gasteiger partial charge in [-0.15, -0.1) is 0 Å². The zero-order chi connectivity index (χ0) is 20.3. The molecule has 0 bridgehead atoms. The molecule has 0 aliphatic carbocycles. The maximum atomic E-state index is 13.1. The second-order valence-corrected chi connectivity index (χ2v) is 8.21. The Bertz CT molecular complexity index is 1000. The summed E-state index contributed by atoms with van der Waals surface area (Å²) in [6, 6.07) is 10.6. The molecule has 1 atom stereocenters. The van der Waals surface area contributed by atoms with Gasteiger partial charge in [0, 0.05) is 6.54 Å². The summed E-state index contributed by atoms with van der Waals surface area (Å²) in [7, 11) is -2.30. The Morgan fingerprint density at radius 3 is 2.57 bits per heavy atom. The van der Waals surface area contributed by atoms with E-state index >= 15 is 0 Å². The van der Waals surface area contributed by atoms with Gasteiger partial charge in [-0.05, 0) is 43.7 Å². The van der Waals surface area contributed by atoms with Crippen molar-refractivity contribution in [2.75, 3.05) is 13.6 Å². The summed E-state index contributed by atoms with van der Waals surface area (Å²) in [5.74, 6) is -1.06. The fourth-order valence-electron chi connectivity index (χ4n) is 3.14. The molecule has 3 N–H and O–H groups in total. The molecule has 2 aromatic rings. The average molecular weight is 404 g/mol. The van der Waals surface area contributed by atoms with Crippen LogP contribution >= 0.6 is 0 Å². The van der Waals surface area contributed by atoms with Crippen molar-refractivity contribution in [3.05, 3.63) is 53.6 Å². The van der Waals surface area contributed by atoms with Crippen LogP contribution in [-0.2, 0) is 21.0 Å². The number of amides is 1. The van der Waals surface area contributed by atoms with Crippen molar-refractivity contribution in [2.45, 2.75) is 28.7 Å². The molecule has 1 heterocycles. The normalized spacial score (nSPS) is 16.0. The summed E-state index contributed by atoms with van der Waals surface area (Å²) in [5, 5.41) is 2.99. The standard InChI is InChI=1S/C19H20N2O6S/c1-21-11-13-9-7-12-8-10-15(28(24,25)14-5-3-2-4-6-14)16(17(12)26-13)18(22)27-19(20)23/h2-6,8,10,13,21H,7,9,11H2,1H3,(H2,20,23). The van der Waals surface area contributed by atoms with Crippen LogP contribution in [0.3, 0.4) is 0 Å². The number of benzene rings is 2. The Labute approximate surface area is 162 Å². The summed E-state index contributed by atoms with van der Waals surface area (Å²) >= 11 is 0. The van der Waals surface area contributed by atoms with E-state index in [9.17, 15) is 18.0 Å². The van der Waals surface area contributed by atoms with Gasteiger partial charge in [0.05, 0.1) is 9.79 Å². The Hall–Kier alpha value is -2.91. The predicted molar refractivity (Wildman–Crippen MR) is 100.0 cm³/mol. The van der Waals surface area contributed by atoms with Crippen LogP contribution in [0.15, 0.2) is 52.3 Å². The fraction of sp³-hybridized carbons (Fsp3) is 0.263. The first-order valence-corrected chi connectivity index (χ1v) is 10.1. The minimum atomic E-state index is -4.06. The number of ether oxygens (including phenoxy) is 2. The number of sulfone groups is 1. The second-order valence-electron chi connectivity index (χ2n) is 6.29. The van der Waals surface area contributed by atoms with Crippen LogP contribution in [0, 0.1) is 0 Å². The third-order valence-electron chi connectivity index (χ3n) is 4.39. The van der Waals surface area contributed by atoms with E-state index in [0.29, 0.717) is 24.9 Å². The van der Waals surface area contributed by atoms with Crippen LogP contribution in [0.2, 0.25) is 0 Å². The number of rotatable bonds is 5. The molecule has 2 aromatic carbocycles. The summed E-state index contributed by atoms with van der Waals surface area (Å²) in [6.45, 7) is 0.513. The summed E-state index contributed by atoms with van der Waals surface area (Å²) in [4.78, 5) is 23.4. The number of esters is 1. The van der Waals surface area contributed by atoms with Crippen molar-refractivity contribution in [1.82, 2.24) is 5.32 Å². The van der Waals surface area contributed by atoms with Crippen LogP contribution in [0.1, 0.15) is 22.3 Å². The number of fused-ring (bicyclic) bond motifs is 1. The molecule has 1 aliphatic rings. The first-order valence-electron chi connectivity index (χ1n) is 8.63. The zero-order valence-corrected chi connectivity index (χ0v) is 16.0. The largest absolute Gasteiger partial charge is 0.488 e. The summed E-state index contributed by atoms with van der Waals surface area (Å²) in [5.41, 5.74) is 5.31. The van der Waals surface area contributed by atoms with Gasteiger partial charge in [0.2, 0.25) is 9.84 Å². The third kappa shape index (κ3) is 3.85. The van der Waals surface area contributed by atoms with Crippen molar-refractivity contribution in [1.29, 1.82) is 0 Å². The molecule has 3 rings (SSSR count). The van der Waals surface area contributed by atoms with E-state index in [2.05, 4.69) is 10.1 Å². The van der Waals surface area contributed by atoms with E-state index in [1.807, 2.05) is 0 Å². The van der Waals surface area contributed by atoms with E-state index in [1.165, 1.54) is 18.2 Å². The maximum Gasteiger partial charge on any atom is 0.412 e. The lowest BCUT2D eigenvalue weighted by Crippen LogP contribution is -2.34. The first-order chi connectivity index (χ1) is 13.3. The smallest absolute Gasteiger partial charge is 0.412 e. The predicted octanol–water partition coefficient (Wildman–Crippen LogP) is 1.67. The monoisotopic (exact) mass is 404 g/mol. The van der Waals surface area contributed by atoms with Crippen molar-refractivity contribution < 1.29 is 27.5 Å². The molecule has 0 spiro atoms. The number of primary amides is 1. The summed E-state index contributed by atoms with van der Waals surface area (Å²) in [6.07, 6.45) is -0.298. The Morgan fingerprint density at radius 1 is 1.21 bits per heavy atom. The third-order valence-corrected chi connectivity index (χ3v) is 6.21. The molecule has 0 aromatic heterocycles. The van der Waals surface area contributed by atoms with Crippen LogP contribution in [0.4, 0.5) is 4.79 Å². The molecule has 1 aliphatic heterocycles. The fourth-order valence-corrected chi connectivity index (χ4v) is 4.60. The van der Waals surface area contributed by atoms with Gasteiger partial charge in [-0.25, -0.2) is 18.0 Å². The lowest BCUT2D eigenvalue weighted by molar-refractivity contribution is 0.0623. The highest BCUT2D eigenvalue weighted by Gasteiger charge is 2.34. The second kappa shape index (κ2) is 7.99. The molecule has 1 unspecified atom stereocenters. The zero-order valence-electron chi connectivity index (χ0n) is 15.2. The Morgan fingerprint density at radius 2 is 1.93 bits per heavy atom. The maximum absolute atomic E-state index is 13.1. The molecule has 0 fully saturated rings. The highest BCUT2D eigenvalue weighted by molar-refractivity contribution is 7.91. The molecule has 0 saturated carbocycles. The van der Waals surface area contributed by atoms with Gasteiger partial charge in [0.25, 0.3) is 0 Å². The SMILES string of the molecule is CNCC1CCc2ccc(S(=O)(=O)c3ccccc3)c(C(=O)OC(N)=O)c2O1. The molecule has 8 nitrogen and oxygen atoms in total. The van der Waals surface area contributed by atoms with E-state index in [1.54, 1.807) is 31.3 Å². The number of carbonyl (C=O) groups excluding carboxylic acids is 2. The lowest BCUT2D eigenvalue weighted by Gasteiger charge is -2.28. The average Bonchev–Trinajstić information content (AvgIpc) is 2.67. The molecule has 28 heavy (non-hydrogen) atoms. The van der Waals surface area contributed by atoms with Gasteiger partial charge in [-0.2, -0.15) is 0 Å². The molecule has 0 saturated heterocycles. The van der Waals surface area contributed by atoms with E-state index < -0.39 is 21.9 Å². The highest BCUT2D eigenvalue weighted by atomic mass is 32.2. The van der Waals surface area contributed by atoms with Gasteiger partial charge in [0.1, 0.15) is 17.4 Å². The first kappa shape index (κ1) is 19.8. The minimum absolute atomic E-state index is 0.00524. The summed E-state index contributed by atoms with van der Waals surface area (Å²) < 4.78 is 36.7. The van der Waals surface area contributed by atoms with Crippen molar-refractivity contribution in [2.24, 2.45) is 5.73 Å². The number of aryl methyl sites for hydroxylation is 1. The molecule has 148 valence electrons. The van der Waals surface area contributed by atoms with Crippen LogP contribution in [0.5, 0.6) is 5.75 Å². The van der Waals surface area contributed by atoms with Gasteiger partial charge in [-0.3, -0.25) is 0 Å². The minimum Gasteiger partial charge on any atom is -0.488 e. The topological polar surface area (TPSA) is 125 Å². The van der Waals surface area contributed by atoms with E-state index in [4.69, 9.17) is 10.5 Å². The van der Waals surface area contributed by atoms with Crippen molar-refractivity contribution >= 4 is 21.9 Å². The number of likely N-dealkylation sites (N-methyl/N-ethyl adjacent to an activating group) is 1. The highest BCUT2D eigenvalue weighted by Crippen LogP contribution is 2.37. The van der Waals surface area contributed by atoms with Gasteiger partial charge in [0.15, 0.2) is 0 Å². The van der Waals surface area contributed by atoms with E-state index in [-0.39, 0.29) is 27.2 Å². The number of carbonyl (C=O) groups is 2. The molecular formula is C19H20N2O6S. The van der Waals surface area contributed by atoms with Gasteiger partial charge >= 0.3 is 12.1 Å². The van der Waals surface area contributed by atoms with Gasteiger partial charge < -0.3 is 20.5 Å².